The second-order valence-electron chi connectivity index (χ2n) is 3.60. The van der Waals surface area contributed by atoms with Gasteiger partial charge in [0.25, 0.3) is 0 Å². The van der Waals surface area contributed by atoms with E-state index in [9.17, 15) is 9.59 Å². The van der Waals surface area contributed by atoms with Crippen LogP contribution in [0.2, 0.25) is 0 Å². The van der Waals surface area contributed by atoms with Gasteiger partial charge >= 0.3 is 12.0 Å². The van der Waals surface area contributed by atoms with Gasteiger partial charge in [-0.05, 0) is 28.9 Å². The van der Waals surface area contributed by atoms with Crippen LogP contribution in [0, 0.1) is 0 Å². The molecule has 0 radical (unpaired) electrons. The Bertz CT molecular complexity index is 421. The number of carboxylic acid groups (broad SMARTS) is 1. The zero-order valence-electron chi connectivity index (χ0n) is 9.44. The van der Waals surface area contributed by atoms with Gasteiger partial charge < -0.3 is 15.3 Å². The Labute approximate surface area is 112 Å². The molecule has 0 unspecified atom stereocenters. The molecule has 5 nitrogen and oxygen atoms in total. The molecule has 17 heavy (non-hydrogen) atoms. The molecule has 2 amide bonds. The van der Waals surface area contributed by atoms with Crippen LogP contribution >= 0.6 is 27.3 Å². The molecule has 0 saturated carbocycles. The Morgan fingerprint density at radius 2 is 2.29 bits per heavy atom. The lowest BCUT2D eigenvalue weighted by molar-refractivity contribution is -0.138. The van der Waals surface area contributed by atoms with E-state index in [-0.39, 0.29) is 0 Å². The summed E-state index contributed by atoms with van der Waals surface area (Å²) in [5.41, 5.74) is 0. The van der Waals surface area contributed by atoms with Gasteiger partial charge in [0, 0.05) is 21.8 Å². The second-order valence-corrected chi connectivity index (χ2v) is 5.51. The summed E-state index contributed by atoms with van der Waals surface area (Å²) in [5.74, 6) is -1.05. The predicted molar refractivity (Wildman–Crippen MR) is 69.1 cm³/mol. The van der Waals surface area contributed by atoms with Crippen molar-refractivity contribution in [3.05, 3.63) is 20.8 Å². The number of nitrogens with one attached hydrogen (secondary N) is 1. The molecule has 0 spiro atoms. The van der Waals surface area contributed by atoms with Gasteiger partial charge in [-0.25, -0.2) is 4.79 Å². The zero-order valence-corrected chi connectivity index (χ0v) is 11.8. The number of amides is 2. The fourth-order valence-corrected chi connectivity index (χ4v) is 2.60. The smallest absolute Gasteiger partial charge is 0.325 e. The van der Waals surface area contributed by atoms with Crippen molar-refractivity contribution in [2.75, 3.05) is 7.05 Å². The number of thiophene rings is 1. The van der Waals surface area contributed by atoms with Crippen LogP contribution in [0.1, 0.15) is 11.8 Å². The summed E-state index contributed by atoms with van der Waals surface area (Å²) >= 11 is 4.87. The molecular formula is C10H13BrN2O3S. The molecule has 0 aliphatic carbocycles. The highest BCUT2D eigenvalue weighted by Crippen LogP contribution is 2.20. The van der Waals surface area contributed by atoms with Crippen LogP contribution in [0.15, 0.2) is 15.9 Å². The van der Waals surface area contributed by atoms with E-state index in [0.29, 0.717) is 6.54 Å². The Morgan fingerprint density at radius 3 is 2.76 bits per heavy atom. The highest BCUT2D eigenvalue weighted by molar-refractivity contribution is 9.10. The average Bonchev–Trinajstić information content (AvgIpc) is 2.63. The third-order valence-electron chi connectivity index (χ3n) is 2.07. The average molecular weight is 321 g/mol. The van der Waals surface area contributed by atoms with Crippen LogP contribution < -0.4 is 5.32 Å². The molecule has 1 atom stereocenters. The quantitative estimate of drug-likeness (QED) is 0.892. The van der Waals surface area contributed by atoms with Crippen molar-refractivity contribution >= 4 is 39.3 Å². The summed E-state index contributed by atoms with van der Waals surface area (Å²) in [6.45, 7) is 1.88. The first-order valence-corrected chi connectivity index (χ1v) is 6.54. The third-order valence-corrected chi connectivity index (χ3v) is 3.75. The van der Waals surface area contributed by atoms with Gasteiger partial charge in [-0.3, -0.25) is 4.79 Å². The molecule has 94 valence electrons. The van der Waals surface area contributed by atoms with Gasteiger partial charge in [-0.1, -0.05) is 0 Å². The zero-order chi connectivity index (χ0) is 13.0. The molecule has 1 aromatic rings. The van der Waals surface area contributed by atoms with E-state index in [1.807, 2.05) is 11.4 Å². The van der Waals surface area contributed by atoms with E-state index in [4.69, 9.17) is 5.11 Å². The van der Waals surface area contributed by atoms with Crippen molar-refractivity contribution in [1.82, 2.24) is 10.2 Å². The van der Waals surface area contributed by atoms with Crippen LogP contribution in [0.25, 0.3) is 0 Å². The molecule has 1 heterocycles. The van der Waals surface area contributed by atoms with E-state index in [2.05, 4.69) is 21.2 Å². The van der Waals surface area contributed by atoms with Gasteiger partial charge in [0.15, 0.2) is 0 Å². The van der Waals surface area contributed by atoms with E-state index in [0.717, 1.165) is 9.35 Å². The second kappa shape index (κ2) is 6.02. The van der Waals surface area contributed by atoms with Gasteiger partial charge in [0.2, 0.25) is 0 Å². The molecule has 1 rings (SSSR count). The summed E-state index contributed by atoms with van der Waals surface area (Å²) in [5, 5.41) is 13.0. The number of carbonyl (C=O) groups excluding carboxylic acids is 1. The molecule has 0 aliphatic rings. The van der Waals surface area contributed by atoms with Crippen LogP contribution in [-0.4, -0.2) is 35.1 Å². The van der Waals surface area contributed by atoms with E-state index >= 15 is 0 Å². The summed E-state index contributed by atoms with van der Waals surface area (Å²) in [6.07, 6.45) is 0. The minimum absolute atomic E-state index is 0.399. The first-order chi connectivity index (χ1) is 7.90. The fourth-order valence-electron chi connectivity index (χ4n) is 1.10. The lowest BCUT2D eigenvalue weighted by atomic mass is 10.3. The maximum atomic E-state index is 11.6. The molecule has 0 aliphatic heterocycles. The largest absolute Gasteiger partial charge is 0.480 e. The number of nitrogens with zero attached hydrogens (tertiary/aromatic N) is 1. The summed E-state index contributed by atoms with van der Waals surface area (Å²) in [4.78, 5) is 24.7. The Balaban J connectivity index is 2.50. The van der Waals surface area contributed by atoms with E-state index < -0.39 is 18.0 Å². The van der Waals surface area contributed by atoms with Crippen molar-refractivity contribution in [3.8, 4) is 0 Å². The van der Waals surface area contributed by atoms with Crippen LogP contribution in [0.4, 0.5) is 4.79 Å². The third kappa shape index (κ3) is 4.35. The molecule has 2 N–H and O–H groups in total. The first kappa shape index (κ1) is 14.0. The Hall–Kier alpha value is -1.08. The monoisotopic (exact) mass is 320 g/mol. The first-order valence-electron chi connectivity index (χ1n) is 4.87. The van der Waals surface area contributed by atoms with Crippen molar-refractivity contribution in [2.45, 2.75) is 19.5 Å². The number of carbonyl (C=O) groups is 2. The number of carboxylic acids is 1. The molecule has 1 aromatic heterocycles. The maximum absolute atomic E-state index is 11.6. The number of hydrogen-bond donors (Lipinski definition) is 2. The topological polar surface area (TPSA) is 69.6 Å². The minimum Gasteiger partial charge on any atom is -0.480 e. The van der Waals surface area contributed by atoms with Crippen LogP contribution in [-0.2, 0) is 11.3 Å². The van der Waals surface area contributed by atoms with Gasteiger partial charge in [-0.15, -0.1) is 11.3 Å². The van der Waals surface area contributed by atoms with Crippen LogP contribution in [0.3, 0.4) is 0 Å². The molecule has 0 aromatic carbocycles. The van der Waals surface area contributed by atoms with Gasteiger partial charge in [0.1, 0.15) is 6.04 Å². The molecule has 7 heteroatoms. The van der Waals surface area contributed by atoms with Crippen LogP contribution in [0.5, 0.6) is 0 Å². The van der Waals surface area contributed by atoms with Crippen molar-refractivity contribution in [3.63, 3.8) is 0 Å². The highest BCUT2D eigenvalue weighted by atomic mass is 79.9. The number of rotatable bonds is 4. The lowest BCUT2D eigenvalue weighted by Crippen LogP contribution is -2.44. The van der Waals surface area contributed by atoms with E-state index in [1.165, 1.54) is 23.2 Å². The Morgan fingerprint density at radius 1 is 1.65 bits per heavy atom. The van der Waals surface area contributed by atoms with Crippen molar-refractivity contribution < 1.29 is 14.7 Å². The van der Waals surface area contributed by atoms with Gasteiger partial charge in [-0.2, -0.15) is 0 Å². The number of halogens is 1. The Kier molecular flexibility index (Phi) is 4.95. The van der Waals surface area contributed by atoms with Gasteiger partial charge in [0.05, 0.1) is 6.54 Å². The SMILES string of the molecule is C[C@@H](NC(=O)N(C)Cc1cc(Br)cs1)C(=O)O. The number of aliphatic carboxylic acids is 1. The summed E-state index contributed by atoms with van der Waals surface area (Å²) in [7, 11) is 1.62. The normalized spacial score (nSPS) is 11.9. The molecular weight excluding hydrogens is 308 g/mol. The number of urea groups is 1. The van der Waals surface area contributed by atoms with E-state index in [1.54, 1.807) is 7.05 Å². The highest BCUT2D eigenvalue weighted by Gasteiger charge is 2.17. The standard InChI is InChI=1S/C10H13BrN2O3S/c1-6(9(14)15)12-10(16)13(2)4-8-3-7(11)5-17-8/h3,5-6H,4H2,1-2H3,(H,12,16)(H,14,15)/t6-/m1/s1. The molecule has 0 fully saturated rings. The lowest BCUT2D eigenvalue weighted by Gasteiger charge is -2.18. The van der Waals surface area contributed by atoms with Crippen molar-refractivity contribution in [1.29, 1.82) is 0 Å². The predicted octanol–water partition coefficient (Wildman–Crippen LogP) is 2.13. The molecule has 0 bridgehead atoms. The summed E-state index contributed by atoms with van der Waals surface area (Å²) in [6, 6.07) is 0.638. The summed E-state index contributed by atoms with van der Waals surface area (Å²) < 4.78 is 0.977. The fraction of sp³-hybridized carbons (Fsp3) is 0.400. The minimum atomic E-state index is -1.05. The number of hydrogen-bond acceptors (Lipinski definition) is 3. The maximum Gasteiger partial charge on any atom is 0.325 e. The molecule has 0 saturated heterocycles. The van der Waals surface area contributed by atoms with Crippen molar-refractivity contribution in [2.24, 2.45) is 0 Å².